The van der Waals surface area contributed by atoms with Gasteiger partial charge in [-0.2, -0.15) is 0 Å². The van der Waals surface area contributed by atoms with Crippen LogP contribution in [0.25, 0.3) is 0 Å². The van der Waals surface area contributed by atoms with Crippen LogP contribution in [0.15, 0.2) is 59.6 Å². The molecule has 0 aromatic heterocycles. The number of rotatable bonds is 8. The lowest BCUT2D eigenvalue weighted by Gasteiger charge is -2.19. The molecule has 2 rings (SSSR count). The number of hydrogen-bond acceptors (Lipinski definition) is 3. The monoisotopic (exact) mass is 510 g/mol. The summed E-state index contributed by atoms with van der Waals surface area (Å²) in [6, 6.07) is 18.2. The van der Waals surface area contributed by atoms with Crippen molar-refractivity contribution in [3.8, 4) is 5.75 Å². The molecule has 2 aromatic rings. The minimum Gasteiger partial charge on any atom is -0.497 e. The molecule has 2 N–H and O–H groups in total. The lowest BCUT2D eigenvalue weighted by Crippen LogP contribution is -2.40. The summed E-state index contributed by atoms with van der Waals surface area (Å²) in [5.41, 5.74) is 2.36. The minimum atomic E-state index is -0.0383. The van der Waals surface area contributed by atoms with E-state index in [1.165, 1.54) is 5.56 Å². The van der Waals surface area contributed by atoms with Gasteiger partial charge in [-0.3, -0.25) is 4.79 Å². The third kappa shape index (κ3) is 8.72. The number of likely N-dealkylation sites (N-methyl/N-ethyl adjacent to an activating group) is 1. The summed E-state index contributed by atoms with van der Waals surface area (Å²) in [6.07, 6.45) is 0.839. The van der Waals surface area contributed by atoms with Crippen molar-refractivity contribution in [2.75, 3.05) is 34.3 Å². The largest absolute Gasteiger partial charge is 0.497 e. The van der Waals surface area contributed by atoms with E-state index in [0.717, 1.165) is 17.7 Å². The number of amides is 1. The van der Waals surface area contributed by atoms with Gasteiger partial charge < -0.3 is 20.3 Å². The van der Waals surface area contributed by atoms with E-state index in [4.69, 9.17) is 4.74 Å². The number of hydrogen-bond donors (Lipinski definition) is 2. The smallest absolute Gasteiger partial charge is 0.243 e. The number of methoxy groups -OCH3 is 1. The summed E-state index contributed by atoms with van der Waals surface area (Å²) in [4.78, 5) is 17.9. The van der Waals surface area contributed by atoms with Gasteiger partial charge in [0.1, 0.15) is 12.3 Å². The second-order valence-electron chi connectivity index (χ2n) is 6.75. The average Bonchev–Trinajstić information content (AvgIpc) is 2.72. The Hall–Kier alpha value is -2.29. The van der Waals surface area contributed by atoms with Crippen LogP contribution in [0.5, 0.6) is 5.75 Å². The van der Waals surface area contributed by atoms with Crippen molar-refractivity contribution in [2.24, 2.45) is 4.99 Å². The van der Waals surface area contributed by atoms with Crippen molar-refractivity contribution in [3.63, 3.8) is 0 Å². The zero-order valence-electron chi connectivity index (χ0n) is 17.5. The number of halogens is 1. The molecule has 0 bridgehead atoms. The van der Waals surface area contributed by atoms with Crippen molar-refractivity contribution in [1.82, 2.24) is 15.5 Å². The fourth-order valence-electron chi connectivity index (χ4n) is 2.59. The van der Waals surface area contributed by atoms with E-state index >= 15 is 0 Å². The molecular formula is C22H31IN4O2. The number of ether oxygens (including phenoxy) is 1. The van der Waals surface area contributed by atoms with Gasteiger partial charge in [-0.1, -0.05) is 42.5 Å². The lowest BCUT2D eigenvalue weighted by atomic mass is 10.1. The SMILES string of the molecule is COc1ccc(CCNC(=NCC(=O)N(C)C)NC(C)c2ccccc2)cc1.I. The molecule has 7 heteroatoms. The molecular weight excluding hydrogens is 479 g/mol. The summed E-state index contributed by atoms with van der Waals surface area (Å²) in [5, 5.41) is 6.71. The predicted molar refractivity (Wildman–Crippen MR) is 129 cm³/mol. The average molecular weight is 510 g/mol. The summed E-state index contributed by atoms with van der Waals surface area (Å²) >= 11 is 0. The van der Waals surface area contributed by atoms with E-state index < -0.39 is 0 Å². The maximum atomic E-state index is 11.9. The van der Waals surface area contributed by atoms with Gasteiger partial charge >= 0.3 is 0 Å². The first-order chi connectivity index (χ1) is 13.5. The molecule has 0 aliphatic rings. The molecule has 0 spiro atoms. The molecule has 0 aliphatic heterocycles. The Labute approximate surface area is 190 Å². The number of nitrogens with one attached hydrogen (secondary N) is 2. The number of benzene rings is 2. The molecule has 0 heterocycles. The Bertz CT molecular complexity index is 764. The van der Waals surface area contributed by atoms with Crippen LogP contribution in [0.3, 0.4) is 0 Å². The van der Waals surface area contributed by atoms with E-state index in [1.807, 2.05) is 42.5 Å². The fraction of sp³-hybridized carbons (Fsp3) is 0.364. The van der Waals surface area contributed by atoms with Crippen LogP contribution in [0.2, 0.25) is 0 Å². The minimum absolute atomic E-state index is 0. The molecule has 1 atom stereocenters. The first kappa shape index (κ1) is 24.7. The van der Waals surface area contributed by atoms with E-state index in [-0.39, 0.29) is 42.5 Å². The highest BCUT2D eigenvalue weighted by molar-refractivity contribution is 14.0. The summed E-state index contributed by atoms with van der Waals surface area (Å²) in [6.45, 7) is 2.88. The molecule has 1 amide bonds. The molecule has 0 saturated carbocycles. The Balaban J connectivity index is 0.00000420. The summed E-state index contributed by atoms with van der Waals surface area (Å²) < 4.78 is 5.19. The van der Waals surface area contributed by atoms with Crippen LogP contribution in [-0.2, 0) is 11.2 Å². The van der Waals surface area contributed by atoms with Gasteiger partial charge in [0.25, 0.3) is 0 Å². The predicted octanol–water partition coefficient (Wildman–Crippen LogP) is 3.24. The third-order valence-corrected chi connectivity index (χ3v) is 4.39. The highest BCUT2D eigenvalue weighted by Gasteiger charge is 2.09. The van der Waals surface area contributed by atoms with Crippen molar-refractivity contribution < 1.29 is 9.53 Å². The normalized spacial score (nSPS) is 11.8. The van der Waals surface area contributed by atoms with Gasteiger partial charge in [-0.15, -0.1) is 24.0 Å². The Morgan fingerprint density at radius 1 is 1.10 bits per heavy atom. The van der Waals surface area contributed by atoms with Crippen LogP contribution in [-0.4, -0.2) is 51.1 Å². The fourth-order valence-corrected chi connectivity index (χ4v) is 2.59. The Morgan fingerprint density at radius 3 is 2.34 bits per heavy atom. The second-order valence-corrected chi connectivity index (χ2v) is 6.75. The van der Waals surface area contributed by atoms with Crippen molar-refractivity contribution >= 4 is 35.8 Å². The van der Waals surface area contributed by atoms with Gasteiger partial charge in [-0.05, 0) is 36.6 Å². The molecule has 6 nitrogen and oxygen atoms in total. The number of carbonyl (C=O) groups is 1. The van der Waals surface area contributed by atoms with E-state index in [1.54, 1.807) is 26.1 Å². The van der Waals surface area contributed by atoms with Gasteiger partial charge in [0.2, 0.25) is 5.91 Å². The summed E-state index contributed by atoms with van der Waals surface area (Å²) in [7, 11) is 5.12. The van der Waals surface area contributed by atoms with Gasteiger partial charge in [-0.25, -0.2) is 4.99 Å². The van der Waals surface area contributed by atoms with Crippen LogP contribution < -0.4 is 15.4 Å². The van der Waals surface area contributed by atoms with E-state index in [2.05, 4.69) is 34.7 Å². The first-order valence-corrected chi connectivity index (χ1v) is 9.42. The highest BCUT2D eigenvalue weighted by atomic mass is 127. The van der Waals surface area contributed by atoms with Crippen molar-refractivity contribution in [2.45, 2.75) is 19.4 Å². The van der Waals surface area contributed by atoms with Gasteiger partial charge in [0, 0.05) is 20.6 Å². The highest BCUT2D eigenvalue weighted by Crippen LogP contribution is 2.12. The molecule has 2 aromatic carbocycles. The Kier molecular flexibility index (Phi) is 11.1. The molecule has 0 aliphatic carbocycles. The number of nitrogens with zero attached hydrogens (tertiary/aromatic N) is 2. The molecule has 0 saturated heterocycles. The van der Waals surface area contributed by atoms with E-state index in [0.29, 0.717) is 12.5 Å². The van der Waals surface area contributed by atoms with Crippen LogP contribution >= 0.6 is 24.0 Å². The number of aliphatic imine (C=N–C) groups is 1. The quantitative estimate of drug-likeness (QED) is 0.325. The lowest BCUT2D eigenvalue weighted by molar-refractivity contribution is -0.127. The van der Waals surface area contributed by atoms with Gasteiger partial charge in [0.05, 0.1) is 13.2 Å². The maximum absolute atomic E-state index is 11.9. The Morgan fingerprint density at radius 2 is 1.76 bits per heavy atom. The zero-order chi connectivity index (χ0) is 20.4. The van der Waals surface area contributed by atoms with Crippen molar-refractivity contribution in [3.05, 3.63) is 65.7 Å². The summed E-state index contributed by atoms with van der Waals surface area (Å²) in [5.74, 6) is 1.43. The maximum Gasteiger partial charge on any atom is 0.243 e. The van der Waals surface area contributed by atoms with E-state index in [9.17, 15) is 4.79 Å². The zero-order valence-corrected chi connectivity index (χ0v) is 19.8. The van der Waals surface area contributed by atoms with Crippen LogP contribution in [0, 0.1) is 0 Å². The van der Waals surface area contributed by atoms with Crippen molar-refractivity contribution in [1.29, 1.82) is 0 Å². The van der Waals surface area contributed by atoms with Crippen LogP contribution in [0.1, 0.15) is 24.1 Å². The number of carbonyl (C=O) groups excluding carboxylic acids is 1. The number of guanidine groups is 1. The second kappa shape index (κ2) is 13.0. The molecule has 0 fully saturated rings. The molecule has 158 valence electrons. The topological polar surface area (TPSA) is 66.0 Å². The molecule has 29 heavy (non-hydrogen) atoms. The van der Waals surface area contributed by atoms with Crippen LogP contribution in [0.4, 0.5) is 0 Å². The molecule has 0 radical (unpaired) electrons. The third-order valence-electron chi connectivity index (χ3n) is 4.39. The molecule has 1 unspecified atom stereocenters. The first-order valence-electron chi connectivity index (χ1n) is 9.42. The standard InChI is InChI=1S/C22H30N4O2.HI/c1-17(19-8-6-5-7-9-19)25-22(24-16-21(27)26(2)3)23-15-14-18-10-12-20(28-4)13-11-18;/h5-13,17H,14-16H2,1-4H3,(H2,23,24,25);1H. The van der Waals surface area contributed by atoms with Gasteiger partial charge in [0.15, 0.2) is 5.96 Å².